The molecule has 0 aliphatic carbocycles. The van der Waals surface area contributed by atoms with Crippen molar-refractivity contribution in [3.05, 3.63) is 40.4 Å². The van der Waals surface area contributed by atoms with Crippen LogP contribution in [0.4, 0.5) is 5.69 Å². The quantitative estimate of drug-likeness (QED) is 0.859. The van der Waals surface area contributed by atoms with Crippen molar-refractivity contribution in [2.75, 3.05) is 5.32 Å². The highest BCUT2D eigenvalue weighted by molar-refractivity contribution is 8.02. The minimum Gasteiger partial charge on any atom is -0.325 e. The number of aryl methyl sites for hydroxylation is 1. The van der Waals surface area contributed by atoms with Crippen molar-refractivity contribution in [1.82, 2.24) is 4.98 Å². The number of hydrogen-bond donors (Lipinski definition) is 1. The average molecular weight is 313 g/mol. The summed E-state index contributed by atoms with van der Waals surface area (Å²) in [5.74, 6) is -0.0415. The Morgan fingerprint density at radius 3 is 2.68 bits per heavy atom. The van der Waals surface area contributed by atoms with E-state index in [2.05, 4.69) is 10.3 Å². The first-order chi connectivity index (χ1) is 9.04. The topological polar surface area (TPSA) is 42.0 Å². The van der Waals surface area contributed by atoms with Gasteiger partial charge in [-0.2, -0.15) is 0 Å². The normalized spacial score (nSPS) is 12.2. The summed E-state index contributed by atoms with van der Waals surface area (Å²) < 4.78 is 0.913. The van der Waals surface area contributed by atoms with Crippen LogP contribution in [0.15, 0.2) is 34.0 Å². The molecule has 1 aromatic heterocycles. The summed E-state index contributed by atoms with van der Waals surface area (Å²) in [4.78, 5) is 16.4. The Labute approximate surface area is 125 Å². The standard InChI is InChI=1S/C13H13ClN2OS2/c1-8-7-18-13(15-8)19-9(2)12(17)16-11-5-3-10(14)4-6-11/h3-7,9H,1-2H3,(H,16,17)/t9-/m0/s1. The number of carbonyl (C=O) groups is 1. The molecule has 19 heavy (non-hydrogen) atoms. The Morgan fingerprint density at radius 2 is 2.11 bits per heavy atom. The summed E-state index contributed by atoms with van der Waals surface area (Å²) in [5.41, 5.74) is 1.73. The Balaban J connectivity index is 1.94. The minimum absolute atomic E-state index is 0.0415. The van der Waals surface area contributed by atoms with Gasteiger partial charge in [0.05, 0.1) is 5.25 Å². The number of halogens is 1. The van der Waals surface area contributed by atoms with Gasteiger partial charge < -0.3 is 5.32 Å². The lowest BCUT2D eigenvalue weighted by atomic mass is 10.3. The lowest BCUT2D eigenvalue weighted by Crippen LogP contribution is -2.22. The number of benzene rings is 1. The molecule has 0 unspecified atom stereocenters. The van der Waals surface area contributed by atoms with Crippen LogP contribution < -0.4 is 5.32 Å². The molecule has 2 rings (SSSR count). The van der Waals surface area contributed by atoms with E-state index in [1.165, 1.54) is 11.8 Å². The molecule has 1 heterocycles. The van der Waals surface area contributed by atoms with Gasteiger partial charge in [0.2, 0.25) is 5.91 Å². The van der Waals surface area contributed by atoms with E-state index in [-0.39, 0.29) is 11.2 Å². The SMILES string of the molecule is Cc1csc(S[C@@H](C)C(=O)Nc2ccc(Cl)cc2)n1. The molecule has 0 aliphatic heterocycles. The first-order valence-electron chi connectivity index (χ1n) is 5.70. The van der Waals surface area contributed by atoms with E-state index >= 15 is 0 Å². The van der Waals surface area contributed by atoms with Gasteiger partial charge >= 0.3 is 0 Å². The molecule has 0 radical (unpaired) electrons. The molecule has 3 nitrogen and oxygen atoms in total. The number of aromatic nitrogens is 1. The van der Waals surface area contributed by atoms with Gasteiger partial charge in [-0.3, -0.25) is 4.79 Å². The largest absolute Gasteiger partial charge is 0.325 e. The Morgan fingerprint density at radius 1 is 1.42 bits per heavy atom. The molecule has 0 saturated carbocycles. The van der Waals surface area contributed by atoms with Crippen LogP contribution in [0.25, 0.3) is 0 Å². The summed E-state index contributed by atoms with van der Waals surface area (Å²) in [6.07, 6.45) is 0. The molecule has 1 amide bonds. The maximum Gasteiger partial charge on any atom is 0.237 e. The fourth-order valence-corrected chi connectivity index (χ4v) is 3.48. The van der Waals surface area contributed by atoms with E-state index in [0.717, 1.165) is 15.7 Å². The second-order valence-corrected chi connectivity index (χ2v) is 6.89. The van der Waals surface area contributed by atoms with Gasteiger partial charge in [-0.25, -0.2) is 4.98 Å². The van der Waals surface area contributed by atoms with Crippen molar-refractivity contribution in [2.45, 2.75) is 23.4 Å². The van der Waals surface area contributed by atoms with Crippen LogP contribution in [0.2, 0.25) is 5.02 Å². The first kappa shape index (κ1) is 14.4. The van der Waals surface area contributed by atoms with Gasteiger partial charge in [0.25, 0.3) is 0 Å². The van der Waals surface area contributed by atoms with E-state index in [0.29, 0.717) is 5.02 Å². The highest BCUT2D eigenvalue weighted by Gasteiger charge is 2.16. The number of nitrogens with one attached hydrogen (secondary N) is 1. The van der Waals surface area contributed by atoms with Crippen LogP contribution in [-0.2, 0) is 4.79 Å². The van der Waals surface area contributed by atoms with Crippen LogP contribution in [0.1, 0.15) is 12.6 Å². The molecule has 0 aliphatic rings. The molecule has 2 aromatic rings. The summed E-state index contributed by atoms with van der Waals surface area (Å²) in [5, 5.41) is 5.29. The molecule has 1 N–H and O–H groups in total. The second kappa shape index (κ2) is 6.41. The number of amides is 1. The predicted octanol–water partition coefficient (Wildman–Crippen LogP) is 4.22. The third-order valence-corrected chi connectivity index (χ3v) is 4.80. The van der Waals surface area contributed by atoms with Crippen molar-refractivity contribution < 1.29 is 4.79 Å². The Bertz CT molecular complexity index is 568. The molecule has 0 bridgehead atoms. The number of thiazole rings is 1. The molecule has 0 saturated heterocycles. The number of thioether (sulfide) groups is 1. The summed E-state index contributed by atoms with van der Waals surface area (Å²) in [6, 6.07) is 7.06. The third-order valence-electron chi connectivity index (χ3n) is 2.36. The molecular weight excluding hydrogens is 300 g/mol. The average Bonchev–Trinajstić information content (AvgIpc) is 2.77. The monoisotopic (exact) mass is 312 g/mol. The number of nitrogens with zero attached hydrogens (tertiary/aromatic N) is 1. The van der Waals surface area contributed by atoms with Crippen LogP contribution in [-0.4, -0.2) is 16.1 Å². The lowest BCUT2D eigenvalue weighted by Gasteiger charge is -2.10. The van der Waals surface area contributed by atoms with Crippen LogP contribution in [0.5, 0.6) is 0 Å². The zero-order valence-corrected chi connectivity index (χ0v) is 12.9. The number of hydrogen-bond acceptors (Lipinski definition) is 4. The van der Waals surface area contributed by atoms with Crippen molar-refractivity contribution in [2.24, 2.45) is 0 Å². The van der Waals surface area contributed by atoms with Crippen LogP contribution in [0.3, 0.4) is 0 Å². The first-order valence-corrected chi connectivity index (χ1v) is 7.83. The minimum atomic E-state index is -0.193. The smallest absolute Gasteiger partial charge is 0.237 e. The van der Waals surface area contributed by atoms with Crippen molar-refractivity contribution in [3.63, 3.8) is 0 Å². The van der Waals surface area contributed by atoms with Crippen LogP contribution in [0, 0.1) is 6.92 Å². The molecule has 1 aromatic carbocycles. The highest BCUT2D eigenvalue weighted by atomic mass is 35.5. The van der Waals surface area contributed by atoms with Gasteiger partial charge in [-0.1, -0.05) is 23.4 Å². The Kier molecular flexibility index (Phi) is 4.85. The summed E-state index contributed by atoms with van der Waals surface area (Å²) in [6.45, 7) is 3.81. The molecule has 100 valence electrons. The molecule has 6 heteroatoms. The summed E-state index contributed by atoms with van der Waals surface area (Å²) in [7, 11) is 0. The van der Waals surface area contributed by atoms with Gasteiger partial charge in [0.15, 0.2) is 4.34 Å². The van der Waals surface area contributed by atoms with Crippen molar-refractivity contribution in [1.29, 1.82) is 0 Å². The number of rotatable bonds is 4. The lowest BCUT2D eigenvalue weighted by molar-refractivity contribution is -0.115. The maximum absolute atomic E-state index is 12.0. The Hall–Kier alpha value is -1.04. The molecule has 0 fully saturated rings. The van der Waals surface area contributed by atoms with Crippen molar-refractivity contribution >= 4 is 46.3 Å². The van der Waals surface area contributed by atoms with Crippen LogP contribution >= 0.6 is 34.7 Å². The highest BCUT2D eigenvalue weighted by Crippen LogP contribution is 2.27. The van der Waals surface area contributed by atoms with Gasteiger partial charge in [-0.05, 0) is 38.1 Å². The fraction of sp³-hybridized carbons (Fsp3) is 0.231. The number of carbonyl (C=O) groups excluding carboxylic acids is 1. The number of anilines is 1. The van der Waals surface area contributed by atoms with E-state index in [9.17, 15) is 4.79 Å². The van der Waals surface area contributed by atoms with Gasteiger partial charge in [0, 0.05) is 21.8 Å². The van der Waals surface area contributed by atoms with E-state index in [1.807, 2.05) is 19.2 Å². The van der Waals surface area contributed by atoms with Gasteiger partial charge in [-0.15, -0.1) is 11.3 Å². The molecule has 1 atom stereocenters. The van der Waals surface area contributed by atoms with E-state index in [1.54, 1.807) is 35.6 Å². The van der Waals surface area contributed by atoms with E-state index < -0.39 is 0 Å². The second-order valence-electron chi connectivity index (χ2n) is 4.01. The predicted molar refractivity (Wildman–Crippen MR) is 82.3 cm³/mol. The van der Waals surface area contributed by atoms with Crippen molar-refractivity contribution in [3.8, 4) is 0 Å². The molecular formula is C13H13ClN2OS2. The fourth-order valence-electron chi connectivity index (χ4n) is 1.37. The van der Waals surface area contributed by atoms with E-state index in [4.69, 9.17) is 11.6 Å². The zero-order valence-electron chi connectivity index (χ0n) is 10.5. The summed E-state index contributed by atoms with van der Waals surface area (Å²) >= 11 is 8.82. The third kappa shape index (κ3) is 4.23. The zero-order chi connectivity index (χ0) is 13.8. The molecule has 0 spiro atoms. The van der Waals surface area contributed by atoms with Gasteiger partial charge in [0.1, 0.15) is 0 Å². The maximum atomic E-state index is 12.0.